The fourth-order valence-corrected chi connectivity index (χ4v) is 1.72. The third-order valence-corrected chi connectivity index (χ3v) is 3.38. The first-order chi connectivity index (χ1) is 6.79. The van der Waals surface area contributed by atoms with Gasteiger partial charge in [-0.3, -0.25) is 9.59 Å². The van der Waals surface area contributed by atoms with Crippen molar-refractivity contribution in [3.05, 3.63) is 0 Å². The van der Waals surface area contributed by atoms with Gasteiger partial charge in [-0.25, -0.2) is 12.7 Å². The number of hydrogen-bond donors (Lipinski definition) is 1. The van der Waals surface area contributed by atoms with E-state index in [4.69, 9.17) is 5.11 Å². The Labute approximate surface area is 87.7 Å². The van der Waals surface area contributed by atoms with Crippen LogP contribution < -0.4 is 0 Å². The highest BCUT2D eigenvalue weighted by Crippen LogP contribution is 2.00. The van der Waals surface area contributed by atoms with Gasteiger partial charge in [0.05, 0.1) is 13.5 Å². The summed E-state index contributed by atoms with van der Waals surface area (Å²) < 4.78 is 27.7. The molecule has 88 valence electrons. The molecule has 0 radical (unpaired) electrons. The van der Waals surface area contributed by atoms with Gasteiger partial charge in [0.25, 0.3) is 0 Å². The van der Waals surface area contributed by atoms with Crippen LogP contribution in [-0.4, -0.2) is 56.2 Å². The Bertz CT molecular complexity index is 335. The maximum Gasteiger partial charge on any atom is 0.322 e. The molecule has 0 fully saturated rings. The largest absolute Gasteiger partial charge is 0.481 e. The molecule has 0 rings (SSSR count). The maximum atomic E-state index is 11.3. The number of sulfonamides is 1. The van der Waals surface area contributed by atoms with Crippen molar-refractivity contribution in [3.63, 3.8) is 0 Å². The number of esters is 1. The van der Waals surface area contributed by atoms with Crippen molar-refractivity contribution >= 4 is 22.0 Å². The van der Waals surface area contributed by atoms with Crippen LogP contribution in [0.2, 0.25) is 0 Å². The molecule has 0 aromatic carbocycles. The van der Waals surface area contributed by atoms with E-state index >= 15 is 0 Å². The van der Waals surface area contributed by atoms with Crippen LogP contribution in [0.4, 0.5) is 0 Å². The summed E-state index contributed by atoms with van der Waals surface area (Å²) in [7, 11) is -1.48. The summed E-state index contributed by atoms with van der Waals surface area (Å²) in [5, 5.41) is 8.34. The van der Waals surface area contributed by atoms with Gasteiger partial charge in [0, 0.05) is 13.6 Å². The van der Waals surface area contributed by atoms with Crippen LogP contribution in [0, 0.1) is 0 Å². The lowest BCUT2D eigenvalue weighted by Gasteiger charge is -2.14. The van der Waals surface area contributed by atoms with E-state index in [0.717, 1.165) is 11.4 Å². The van der Waals surface area contributed by atoms with Gasteiger partial charge in [0.2, 0.25) is 10.0 Å². The molecular formula is C7H13NO6S. The van der Waals surface area contributed by atoms with Crippen molar-refractivity contribution in [1.82, 2.24) is 4.31 Å². The molecule has 0 saturated heterocycles. The molecule has 0 heterocycles. The summed E-state index contributed by atoms with van der Waals surface area (Å²) in [6.07, 6.45) is -0.309. The quantitative estimate of drug-likeness (QED) is 0.590. The minimum absolute atomic E-state index is 0.172. The Kier molecular flexibility index (Phi) is 5.23. The molecule has 0 aliphatic carbocycles. The number of carboxylic acids is 1. The standard InChI is InChI=1S/C7H13NO6S/c1-8(4-3-6(9)10)15(12,13)5-7(11)14-2/h3-5H2,1-2H3,(H,9,10). The Balaban J connectivity index is 4.33. The summed E-state index contributed by atoms with van der Waals surface area (Å²) in [5.74, 6) is -2.76. The second kappa shape index (κ2) is 5.66. The lowest BCUT2D eigenvalue weighted by molar-refractivity contribution is -0.138. The van der Waals surface area contributed by atoms with E-state index in [9.17, 15) is 18.0 Å². The van der Waals surface area contributed by atoms with Crippen molar-refractivity contribution in [2.45, 2.75) is 6.42 Å². The summed E-state index contributed by atoms with van der Waals surface area (Å²) in [6, 6.07) is 0. The first-order valence-electron chi connectivity index (χ1n) is 4.02. The first kappa shape index (κ1) is 13.8. The van der Waals surface area contributed by atoms with E-state index in [1.54, 1.807) is 0 Å². The fourth-order valence-electron chi connectivity index (χ4n) is 0.710. The second-order valence-corrected chi connectivity index (χ2v) is 4.87. The predicted octanol–water partition coefficient (Wildman–Crippen LogP) is -1.10. The average Bonchev–Trinajstić information content (AvgIpc) is 2.13. The highest BCUT2D eigenvalue weighted by molar-refractivity contribution is 7.89. The first-order valence-corrected chi connectivity index (χ1v) is 5.63. The van der Waals surface area contributed by atoms with Crippen LogP contribution in [-0.2, 0) is 24.3 Å². The van der Waals surface area contributed by atoms with Crippen LogP contribution in [0.3, 0.4) is 0 Å². The summed E-state index contributed by atoms with van der Waals surface area (Å²) in [5.41, 5.74) is 0. The third kappa shape index (κ3) is 5.33. The minimum Gasteiger partial charge on any atom is -0.481 e. The van der Waals surface area contributed by atoms with Gasteiger partial charge in [-0.2, -0.15) is 0 Å². The molecule has 0 aliphatic rings. The van der Waals surface area contributed by atoms with Gasteiger partial charge in [-0.1, -0.05) is 0 Å². The highest BCUT2D eigenvalue weighted by atomic mass is 32.2. The Morgan fingerprint density at radius 3 is 2.33 bits per heavy atom. The van der Waals surface area contributed by atoms with Crippen molar-refractivity contribution in [2.75, 3.05) is 26.5 Å². The molecule has 0 saturated carbocycles. The van der Waals surface area contributed by atoms with E-state index in [0.29, 0.717) is 0 Å². The second-order valence-electron chi connectivity index (χ2n) is 2.80. The van der Waals surface area contributed by atoms with E-state index in [-0.39, 0.29) is 13.0 Å². The average molecular weight is 239 g/mol. The molecule has 0 aromatic rings. The number of rotatable bonds is 6. The van der Waals surface area contributed by atoms with Crippen molar-refractivity contribution in [2.24, 2.45) is 0 Å². The number of carboxylic acid groups (broad SMARTS) is 1. The normalized spacial score (nSPS) is 11.4. The molecule has 1 N–H and O–H groups in total. The molecule has 0 spiro atoms. The highest BCUT2D eigenvalue weighted by Gasteiger charge is 2.22. The molecule has 0 aromatic heterocycles. The van der Waals surface area contributed by atoms with Crippen molar-refractivity contribution in [1.29, 1.82) is 0 Å². The van der Waals surface area contributed by atoms with Gasteiger partial charge < -0.3 is 9.84 Å². The molecule has 0 aliphatic heterocycles. The lowest BCUT2D eigenvalue weighted by atomic mass is 10.4. The third-order valence-electron chi connectivity index (χ3n) is 1.64. The molecule has 15 heavy (non-hydrogen) atoms. The number of ether oxygens (including phenoxy) is 1. The van der Waals surface area contributed by atoms with Crippen LogP contribution in [0.5, 0.6) is 0 Å². The van der Waals surface area contributed by atoms with Gasteiger partial charge >= 0.3 is 11.9 Å². The number of hydrogen-bond acceptors (Lipinski definition) is 5. The molecule has 0 unspecified atom stereocenters. The molecule has 0 atom stereocenters. The molecular weight excluding hydrogens is 226 g/mol. The van der Waals surface area contributed by atoms with Crippen LogP contribution in [0.1, 0.15) is 6.42 Å². The SMILES string of the molecule is COC(=O)CS(=O)(=O)N(C)CCC(=O)O. The van der Waals surface area contributed by atoms with Gasteiger partial charge in [0.1, 0.15) is 0 Å². The Hall–Kier alpha value is -1.15. The van der Waals surface area contributed by atoms with E-state index < -0.39 is 27.7 Å². The monoisotopic (exact) mass is 239 g/mol. The zero-order valence-electron chi connectivity index (χ0n) is 8.47. The predicted molar refractivity (Wildman–Crippen MR) is 50.7 cm³/mol. The Morgan fingerprint density at radius 1 is 1.40 bits per heavy atom. The summed E-state index contributed by atoms with van der Waals surface area (Å²) in [4.78, 5) is 20.9. The lowest BCUT2D eigenvalue weighted by Crippen LogP contribution is -2.34. The molecule has 7 nitrogen and oxygen atoms in total. The smallest absolute Gasteiger partial charge is 0.322 e. The summed E-state index contributed by atoms with van der Waals surface area (Å²) >= 11 is 0. The fraction of sp³-hybridized carbons (Fsp3) is 0.714. The van der Waals surface area contributed by atoms with Gasteiger partial charge in [-0.15, -0.1) is 0 Å². The number of methoxy groups -OCH3 is 1. The number of aliphatic carboxylic acids is 1. The van der Waals surface area contributed by atoms with Crippen molar-refractivity contribution in [3.8, 4) is 0 Å². The van der Waals surface area contributed by atoms with Gasteiger partial charge in [-0.05, 0) is 0 Å². The zero-order chi connectivity index (χ0) is 12.1. The number of carbonyl (C=O) groups excluding carboxylic acids is 1. The summed E-state index contributed by atoms with van der Waals surface area (Å²) in [6.45, 7) is -0.172. The number of carbonyl (C=O) groups is 2. The van der Waals surface area contributed by atoms with Crippen molar-refractivity contribution < 1.29 is 27.9 Å². The molecule has 8 heteroatoms. The zero-order valence-corrected chi connectivity index (χ0v) is 9.28. The van der Waals surface area contributed by atoms with Crippen LogP contribution >= 0.6 is 0 Å². The Morgan fingerprint density at radius 2 is 1.93 bits per heavy atom. The topological polar surface area (TPSA) is 101 Å². The van der Waals surface area contributed by atoms with E-state index in [1.807, 2.05) is 0 Å². The molecule has 0 amide bonds. The minimum atomic E-state index is -3.77. The number of nitrogens with zero attached hydrogens (tertiary/aromatic N) is 1. The van der Waals surface area contributed by atoms with Gasteiger partial charge in [0.15, 0.2) is 5.75 Å². The van der Waals surface area contributed by atoms with Crippen LogP contribution in [0.25, 0.3) is 0 Å². The maximum absolute atomic E-state index is 11.3. The van der Waals surface area contributed by atoms with E-state index in [2.05, 4.69) is 4.74 Å². The van der Waals surface area contributed by atoms with Crippen LogP contribution in [0.15, 0.2) is 0 Å². The van der Waals surface area contributed by atoms with E-state index in [1.165, 1.54) is 7.05 Å². The molecule has 0 bridgehead atoms.